The second kappa shape index (κ2) is 4.38. The molecule has 0 fully saturated rings. The number of hydrogen-bond donors (Lipinski definition) is 0. The third-order valence-electron chi connectivity index (χ3n) is 1.63. The van der Waals surface area contributed by atoms with Crippen LogP contribution in [0.3, 0.4) is 0 Å². The van der Waals surface area contributed by atoms with Crippen molar-refractivity contribution in [1.29, 1.82) is 0 Å². The Labute approximate surface area is 87.4 Å². The quantitative estimate of drug-likeness (QED) is 0.439. The molecule has 0 bridgehead atoms. The van der Waals surface area contributed by atoms with Crippen molar-refractivity contribution in [3.8, 4) is 5.75 Å². The van der Waals surface area contributed by atoms with Crippen LogP contribution in [-0.4, -0.2) is 14.1 Å². The van der Waals surface area contributed by atoms with E-state index in [4.69, 9.17) is 11.7 Å². The van der Waals surface area contributed by atoms with Gasteiger partial charge in [0.2, 0.25) is 0 Å². The molecule has 0 heterocycles. The Bertz CT molecular complexity index is 356. The summed E-state index contributed by atoms with van der Waals surface area (Å²) in [5.41, 5.74) is 1.14. The first-order valence-electron chi connectivity index (χ1n) is 3.50. The zero-order valence-electron chi connectivity index (χ0n) is 7.04. The van der Waals surface area contributed by atoms with Crippen molar-refractivity contribution in [2.45, 2.75) is 6.92 Å². The van der Waals surface area contributed by atoms with E-state index in [0.717, 1.165) is 11.3 Å². The number of halogens is 1. The van der Waals surface area contributed by atoms with Crippen LogP contribution >= 0.6 is 26.9 Å². The molecule has 0 aliphatic rings. The summed E-state index contributed by atoms with van der Waals surface area (Å²) in [6.07, 6.45) is 0. The molecule has 1 atom stereocenters. The number of ether oxygens (including phenoxy) is 1. The molecule has 1 aromatic carbocycles. The molecule has 0 aromatic heterocycles. The molecule has 0 N–H and O–H groups in total. The fourth-order valence-electron chi connectivity index (χ4n) is 0.995. The zero-order valence-corrected chi connectivity index (χ0v) is 10.1. The topological polar surface area (TPSA) is 9.23 Å². The van der Waals surface area contributed by atoms with E-state index in [0.29, 0.717) is 0 Å². The Kier molecular flexibility index (Phi) is 3.72. The van der Waals surface area contributed by atoms with E-state index in [1.807, 2.05) is 19.1 Å². The molecule has 0 spiro atoms. The van der Waals surface area contributed by atoms with E-state index in [9.17, 15) is 0 Å². The number of methoxy groups -OCH3 is 1. The van der Waals surface area contributed by atoms with Gasteiger partial charge in [0.05, 0.1) is 0 Å². The van der Waals surface area contributed by atoms with Gasteiger partial charge in [-0.05, 0) is 0 Å². The van der Waals surface area contributed by atoms with Crippen LogP contribution in [0.5, 0.6) is 5.75 Å². The summed E-state index contributed by atoms with van der Waals surface area (Å²) in [6, 6.07) is 6.06. The first-order chi connectivity index (χ1) is 5.65. The molecule has 1 rings (SSSR count). The van der Waals surface area contributed by atoms with E-state index < -0.39 is 4.88 Å². The summed E-state index contributed by atoms with van der Waals surface area (Å²) in [5, 5.41) is 1.20. The monoisotopic (exact) mass is 290 g/mol. The molecule has 12 heavy (non-hydrogen) atoms. The third kappa shape index (κ3) is 2.30. The number of aryl methyl sites for hydroxylation is 1. The van der Waals surface area contributed by atoms with Gasteiger partial charge in [-0.15, -0.1) is 0 Å². The van der Waals surface area contributed by atoms with E-state index in [2.05, 4.69) is 28.1 Å². The van der Waals surface area contributed by atoms with Crippen molar-refractivity contribution in [1.82, 2.24) is 0 Å². The van der Waals surface area contributed by atoms with Crippen LogP contribution < -0.4 is 10.0 Å². The predicted molar refractivity (Wildman–Crippen MR) is 64.1 cm³/mol. The summed E-state index contributed by atoms with van der Waals surface area (Å²) in [5.74, 6) is 0.923. The molecular weight excluding hydrogens is 281 g/mol. The Morgan fingerprint density at radius 3 is 2.58 bits per heavy atom. The van der Waals surface area contributed by atoms with Crippen molar-refractivity contribution in [2.75, 3.05) is 7.11 Å². The van der Waals surface area contributed by atoms with Gasteiger partial charge in [0, 0.05) is 0 Å². The molecule has 4 heteroatoms. The van der Waals surface area contributed by atoms with Crippen LogP contribution in [-0.2, 0) is 0 Å². The second-order valence-electron chi connectivity index (χ2n) is 2.47. The first-order valence-corrected chi connectivity index (χ1v) is 7.70. The van der Waals surface area contributed by atoms with Gasteiger partial charge in [0.15, 0.2) is 0 Å². The van der Waals surface area contributed by atoms with Crippen LogP contribution in [0.1, 0.15) is 5.56 Å². The van der Waals surface area contributed by atoms with Crippen molar-refractivity contribution in [3.05, 3.63) is 23.8 Å². The van der Waals surface area contributed by atoms with Crippen molar-refractivity contribution in [3.63, 3.8) is 0 Å². The van der Waals surface area contributed by atoms with Gasteiger partial charge in [-0.25, -0.2) is 0 Å². The minimum atomic E-state index is -0.515. The molecule has 0 amide bonds. The van der Waals surface area contributed by atoms with Crippen LogP contribution in [0.25, 0.3) is 0 Å². The molecule has 1 unspecified atom stereocenters. The number of rotatable bonds is 1. The van der Waals surface area contributed by atoms with Gasteiger partial charge in [-0.1, -0.05) is 0 Å². The Morgan fingerprint density at radius 2 is 2.17 bits per heavy atom. The van der Waals surface area contributed by atoms with E-state index >= 15 is 0 Å². The minimum absolute atomic E-state index is 0.515. The van der Waals surface area contributed by atoms with Crippen molar-refractivity contribution >= 4 is 39.2 Å². The fourth-order valence-corrected chi connectivity index (χ4v) is 2.43. The maximum absolute atomic E-state index is 5.78. The van der Waals surface area contributed by atoms with Gasteiger partial charge in [0.25, 0.3) is 0 Å². The number of hydrogen-bond acceptors (Lipinski definition) is 1. The van der Waals surface area contributed by atoms with Gasteiger partial charge in [0.1, 0.15) is 0 Å². The first kappa shape index (κ1) is 10.2. The van der Waals surface area contributed by atoms with Gasteiger partial charge in [-0.3, -0.25) is 0 Å². The molecule has 0 radical (unpaired) electrons. The molecule has 62 valence electrons. The predicted octanol–water partition coefficient (Wildman–Crippen LogP) is 2.54. The number of benzene rings is 1. The van der Waals surface area contributed by atoms with Crippen molar-refractivity contribution < 1.29 is 4.74 Å². The molecule has 1 nitrogen and oxygen atoms in total. The second-order valence-corrected chi connectivity index (χ2v) is 6.72. The summed E-state index contributed by atoms with van der Waals surface area (Å²) >= 11 is 2.25. The normalized spacial score (nSPS) is 11.2. The van der Waals surface area contributed by atoms with E-state index in [1.165, 1.54) is 5.30 Å². The Hall–Kier alpha value is 0.115. The van der Waals surface area contributed by atoms with Crippen molar-refractivity contribution in [2.24, 2.45) is 0 Å². The summed E-state index contributed by atoms with van der Waals surface area (Å²) in [4.78, 5) is -0.515. The van der Waals surface area contributed by atoms with E-state index in [1.54, 1.807) is 7.11 Å². The van der Waals surface area contributed by atoms with Crippen LogP contribution in [0.2, 0.25) is 0 Å². The molecule has 0 aliphatic carbocycles. The van der Waals surface area contributed by atoms with Gasteiger partial charge < -0.3 is 0 Å². The third-order valence-corrected chi connectivity index (χ3v) is 4.07. The molecule has 1 aromatic rings. The molecule has 0 saturated heterocycles. The van der Waals surface area contributed by atoms with E-state index in [-0.39, 0.29) is 0 Å². The van der Waals surface area contributed by atoms with Crippen LogP contribution in [0.15, 0.2) is 18.2 Å². The molecule has 0 saturated carbocycles. The Balaban J connectivity index is 3.13. The standard InChI is InChI=1S/C8H9BIOP/c1-6-5-7(12(9)10)3-4-8(6)11-2/h3-5H,1-2H3. The maximum atomic E-state index is 5.78. The fraction of sp³-hybridized carbons (Fsp3) is 0.250. The Morgan fingerprint density at radius 1 is 1.50 bits per heavy atom. The SMILES string of the molecule is B#P(I)c1ccc(OC)c(C)c1. The summed E-state index contributed by atoms with van der Waals surface area (Å²) in [7, 11) is 7.46. The van der Waals surface area contributed by atoms with Gasteiger partial charge >= 0.3 is 87.5 Å². The van der Waals surface area contributed by atoms with Crippen LogP contribution in [0.4, 0.5) is 0 Å². The molecule has 0 aliphatic heterocycles. The molecular formula is C8H9BIOP. The summed E-state index contributed by atoms with van der Waals surface area (Å²) < 4.78 is 5.14. The zero-order chi connectivity index (χ0) is 9.14. The average Bonchev–Trinajstić information content (AvgIpc) is 2.04. The van der Waals surface area contributed by atoms with Crippen LogP contribution in [0, 0.1) is 6.92 Å². The summed E-state index contributed by atoms with van der Waals surface area (Å²) in [6.45, 7) is 2.03. The van der Waals surface area contributed by atoms with Gasteiger partial charge in [-0.2, -0.15) is 0 Å². The average molecular weight is 290 g/mol.